The number of H-pyrrole nitrogens is 1. The van der Waals surface area contributed by atoms with Gasteiger partial charge in [-0.3, -0.25) is 4.79 Å². The molecule has 0 saturated heterocycles. The highest BCUT2D eigenvalue weighted by molar-refractivity contribution is 5.92. The molecule has 3 aliphatic heterocycles. The largest absolute Gasteiger partial charge is 0.486 e. The van der Waals surface area contributed by atoms with Crippen LogP contribution in [-0.4, -0.2) is 44.0 Å². The number of ether oxygens (including phenoxy) is 2. The number of aromatic amines is 1. The van der Waals surface area contributed by atoms with Crippen molar-refractivity contribution in [2.45, 2.75) is 6.10 Å². The monoisotopic (exact) mass is 426 g/mol. The Morgan fingerprint density at radius 2 is 1.91 bits per heavy atom. The van der Waals surface area contributed by atoms with Crippen LogP contribution in [0.1, 0.15) is 0 Å². The van der Waals surface area contributed by atoms with Crippen molar-refractivity contribution in [3.63, 3.8) is 0 Å². The van der Waals surface area contributed by atoms with Crippen LogP contribution >= 0.6 is 0 Å². The number of benzene rings is 2. The van der Waals surface area contributed by atoms with Crippen molar-refractivity contribution in [2.24, 2.45) is 0 Å². The molecule has 32 heavy (non-hydrogen) atoms. The molecule has 9 heteroatoms. The summed E-state index contributed by atoms with van der Waals surface area (Å²) in [7, 11) is 0. The van der Waals surface area contributed by atoms with Crippen molar-refractivity contribution in [3.8, 4) is 28.4 Å². The van der Waals surface area contributed by atoms with Crippen LogP contribution in [0.3, 0.4) is 0 Å². The maximum atomic E-state index is 12.2. The van der Waals surface area contributed by atoms with Gasteiger partial charge >= 0.3 is 0 Å². The lowest BCUT2D eigenvalue weighted by Gasteiger charge is -2.26. The molecule has 2 aromatic carbocycles. The number of anilines is 1. The van der Waals surface area contributed by atoms with Crippen LogP contribution in [0.4, 0.5) is 5.95 Å². The van der Waals surface area contributed by atoms with E-state index in [0.717, 1.165) is 17.2 Å². The number of rotatable bonds is 4. The number of nitrogens with one attached hydrogen (secondary N) is 2. The molecule has 0 fully saturated rings. The van der Waals surface area contributed by atoms with E-state index in [1.54, 1.807) is 12.4 Å². The maximum absolute atomic E-state index is 12.2. The van der Waals surface area contributed by atoms with E-state index in [9.17, 15) is 4.79 Å². The second kappa shape index (κ2) is 7.38. The first-order valence-electron chi connectivity index (χ1n) is 10.2. The van der Waals surface area contributed by atoms with Crippen LogP contribution in [0.5, 0.6) is 11.5 Å². The SMILES string of the molecule is O=c1[nH]nc2c3cnc(NC[C@H]4COc5ccccc5O4)nc3n(-c3ccccc3)cc1-2. The number of hydrogen-bond acceptors (Lipinski definition) is 7. The molecule has 0 saturated carbocycles. The Morgan fingerprint density at radius 3 is 2.78 bits per heavy atom. The quantitative estimate of drug-likeness (QED) is 0.455. The Morgan fingerprint density at radius 1 is 1.09 bits per heavy atom. The van der Waals surface area contributed by atoms with E-state index in [2.05, 4.69) is 20.5 Å². The van der Waals surface area contributed by atoms with Gasteiger partial charge in [-0.05, 0) is 24.3 Å². The van der Waals surface area contributed by atoms with E-state index >= 15 is 0 Å². The highest BCUT2D eigenvalue weighted by Gasteiger charge is 2.22. The molecule has 6 rings (SSSR count). The van der Waals surface area contributed by atoms with E-state index < -0.39 is 0 Å². The van der Waals surface area contributed by atoms with Gasteiger partial charge in [0.15, 0.2) is 17.1 Å². The van der Waals surface area contributed by atoms with E-state index in [-0.39, 0.29) is 11.7 Å². The fourth-order valence-corrected chi connectivity index (χ4v) is 3.81. The summed E-state index contributed by atoms with van der Waals surface area (Å²) in [6.07, 6.45) is 3.26. The van der Waals surface area contributed by atoms with Crippen molar-refractivity contribution in [1.29, 1.82) is 0 Å². The molecule has 0 radical (unpaired) electrons. The molecule has 158 valence electrons. The van der Waals surface area contributed by atoms with Crippen LogP contribution in [-0.2, 0) is 0 Å². The normalized spacial score (nSPS) is 15.2. The topological polar surface area (TPSA) is 107 Å². The fourth-order valence-electron chi connectivity index (χ4n) is 3.81. The van der Waals surface area contributed by atoms with Crippen LogP contribution in [0, 0.1) is 0 Å². The summed E-state index contributed by atoms with van der Waals surface area (Å²) in [6.45, 7) is 0.905. The van der Waals surface area contributed by atoms with E-state index in [4.69, 9.17) is 14.5 Å². The van der Waals surface area contributed by atoms with Gasteiger partial charge in [-0.25, -0.2) is 10.1 Å². The summed E-state index contributed by atoms with van der Waals surface area (Å²) < 4.78 is 13.6. The minimum atomic E-state index is -0.247. The molecule has 0 bridgehead atoms. The molecule has 0 aliphatic carbocycles. The Balaban J connectivity index is 1.35. The van der Waals surface area contributed by atoms with Crippen LogP contribution in [0.2, 0.25) is 0 Å². The van der Waals surface area contributed by atoms with Gasteiger partial charge in [-0.1, -0.05) is 30.3 Å². The minimum Gasteiger partial charge on any atom is -0.486 e. The molecule has 4 heterocycles. The predicted octanol–water partition coefficient (Wildman–Crippen LogP) is 2.86. The molecule has 3 aliphatic rings. The lowest BCUT2D eigenvalue weighted by molar-refractivity contribution is 0.0996. The maximum Gasteiger partial charge on any atom is 0.275 e. The van der Waals surface area contributed by atoms with Gasteiger partial charge in [0.1, 0.15) is 18.4 Å². The number of hydrogen-bond donors (Lipinski definition) is 2. The van der Waals surface area contributed by atoms with Crippen molar-refractivity contribution >= 4 is 17.0 Å². The van der Waals surface area contributed by atoms with Gasteiger partial charge in [0, 0.05) is 18.1 Å². The Bertz CT molecular complexity index is 1450. The molecule has 9 nitrogen and oxygen atoms in total. The zero-order valence-corrected chi connectivity index (χ0v) is 16.9. The van der Waals surface area contributed by atoms with Crippen LogP contribution < -0.4 is 20.3 Å². The Labute approximate surface area is 182 Å². The first-order valence-corrected chi connectivity index (χ1v) is 10.2. The lowest BCUT2D eigenvalue weighted by Crippen LogP contribution is -2.35. The minimum absolute atomic E-state index is 0.178. The van der Waals surface area contributed by atoms with E-state index in [0.29, 0.717) is 41.4 Å². The highest BCUT2D eigenvalue weighted by Crippen LogP contribution is 2.31. The molecule has 3 aromatic rings. The number of fused-ring (bicyclic) bond motifs is 4. The van der Waals surface area contributed by atoms with Crippen LogP contribution in [0.15, 0.2) is 71.8 Å². The number of aromatic nitrogens is 5. The standard InChI is InChI=1S/C23H18N6O3/c30-22-17-12-29(14-6-2-1-3-7-14)21-16(20(17)27-28-22)11-25-23(26-21)24-10-15-13-31-18-8-4-5-9-19(18)32-15/h1-9,11-12,15H,10,13H2,(H,28,30)(H,24,25,26)/t15-/m0/s1. The molecule has 0 amide bonds. The summed E-state index contributed by atoms with van der Waals surface area (Å²) in [5.74, 6) is 1.92. The third-order valence-electron chi connectivity index (χ3n) is 5.37. The number of para-hydroxylation sites is 3. The lowest BCUT2D eigenvalue weighted by atomic mass is 10.1. The second-order valence-electron chi connectivity index (χ2n) is 7.46. The smallest absolute Gasteiger partial charge is 0.275 e. The summed E-state index contributed by atoms with van der Waals surface area (Å²) >= 11 is 0. The Hall–Kier alpha value is -4.40. The summed E-state index contributed by atoms with van der Waals surface area (Å²) in [4.78, 5) is 21.4. The van der Waals surface area contributed by atoms with Gasteiger partial charge in [-0.2, -0.15) is 10.1 Å². The number of nitrogens with zero attached hydrogens (tertiary/aromatic N) is 4. The fraction of sp³-hybridized carbons (Fsp3) is 0.130. The summed E-state index contributed by atoms with van der Waals surface area (Å²) in [5.41, 5.74) is 2.30. The molecule has 1 aromatic heterocycles. The average Bonchev–Trinajstić information content (AvgIpc) is 3.23. The number of pyridine rings is 1. The van der Waals surface area contributed by atoms with E-state index in [1.165, 1.54) is 0 Å². The molecule has 0 spiro atoms. The van der Waals surface area contributed by atoms with Gasteiger partial charge in [0.2, 0.25) is 5.95 Å². The van der Waals surface area contributed by atoms with Crippen molar-refractivity contribution in [2.75, 3.05) is 18.5 Å². The van der Waals surface area contributed by atoms with Gasteiger partial charge in [-0.15, -0.1) is 0 Å². The van der Waals surface area contributed by atoms with E-state index in [1.807, 2.05) is 59.2 Å². The molecule has 1 atom stereocenters. The van der Waals surface area contributed by atoms with Gasteiger partial charge in [0.25, 0.3) is 5.56 Å². The molecule has 2 N–H and O–H groups in total. The highest BCUT2D eigenvalue weighted by atomic mass is 16.6. The second-order valence-corrected chi connectivity index (χ2v) is 7.46. The predicted molar refractivity (Wildman–Crippen MR) is 119 cm³/mol. The van der Waals surface area contributed by atoms with Crippen molar-refractivity contribution < 1.29 is 9.47 Å². The third kappa shape index (κ3) is 3.11. The van der Waals surface area contributed by atoms with Crippen molar-refractivity contribution in [3.05, 3.63) is 77.3 Å². The average molecular weight is 426 g/mol. The van der Waals surface area contributed by atoms with Gasteiger partial charge in [0.05, 0.1) is 17.5 Å². The van der Waals surface area contributed by atoms with Crippen molar-refractivity contribution in [1.82, 2.24) is 24.7 Å². The zero-order chi connectivity index (χ0) is 21.5. The first-order chi connectivity index (χ1) is 15.8. The van der Waals surface area contributed by atoms with Crippen LogP contribution in [0.25, 0.3) is 28.0 Å². The third-order valence-corrected chi connectivity index (χ3v) is 5.37. The zero-order valence-electron chi connectivity index (χ0n) is 16.9. The Kier molecular flexibility index (Phi) is 4.24. The molecular weight excluding hydrogens is 408 g/mol. The first kappa shape index (κ1) is 18.4. The summed E-state index contributed by atoms with van der Waals surface area (Å²) in [6, 6.07) is 17.3. The van der Waals surface area contributed by atoms with Gasteiger partial charge < -0.3 is 19.4 Å². The molecule has 0 unspecified atom stereocenters. The summed E-state index contributed by atoms with van der Waals surface area (Å²) in [5, 5.41) is 10.6. The molecular formula is C23H18N6O3.